The second-order valence-electron chi connectivity index (χ2n) is 10.4. The van der Waals surface area contributed by atoms with E-state index in [1.165, 1.54) is 0 Å². The Morgan fingerprint density at radius 3 is 2.53 bits per heavy atom. The van der Waals surface area contributed by atoms with E-state index in [1.54, 1.807) is 42.3 Å². The molecule has 6 rings (SSSR count). The Kier molecular flexibility index (Phi) is 6.14. The summed E-state index contributed by atoms with van der Waals surface area (Å²) in [6.07, 6.45) is 5.53. The molecule has 2 fully saturated rings. The highest BCUT2D eigenvalue weighted by molar-refractivity contribution is 6.36. The van der Waals surface area contributed by atoms with Gasteiger partial charge in [-0.1, -0.05) is 35.9 Å². The second kappa shape index (κ2) is 9.51. The minimum atomic E-state index is -0.685. The van der Waals surface area contributed by atoms with Gasteiger partial charge in [-0.2, -0.15) is 5.10 Å². The highest BCUT2D eigenvalue weighted by atomic mass is 35.5. The van der Waals surface area contributed by atoms with Crippen molar-refractivity contribution < 1.29 is 14.0 Å². The van der Waals surface area contributed by atoms with Gasteiger partial charge in [0.15, 0.2) is 0 Å². The molecule has 7 nitrogen and oxygen atoms in total. The molecule has 4 aromatic rings. The average Bonchev–Trinajstić information content (AvgIpc) is 3.31. The molecular weight excluding hydrogens is 505 g/mol. The summed E-state index contributed by atoms with van der Waals surface area (Å²) in [4.78, 5) is 29.3. The lowest BCUT2D eigenvalue weighted by Crippen LogP contribution is -2.56. The van der Waals surface area contributed by atoms with Gasteiger partial charge in [-0.3, -0.25) is 19.3 Å². The van der Waals surface area contributed by atoms with Crippen LogP contribution in [-0.4, -0.2) is 45.8 Å². The number of carbonyl (C=O) groups is 2. The van der Waals surface area contributed by atoms with E-state index in [9.17, 15) is 14.0 Å². The van der Waals surface area contributed by atoms with E-state index in [4.69, 9.17) is 11.6 Å². The van der Waals surface area contributed by atoms with Crippen molar-refractivity contribution in [1.82, 2.24) is 25.4 Å². The van der Waals surface area contributed by atoms with E-state index in [1.807, 2.05) is 30.3 Å². The van der Waals surface area contributed by atoms with Gasteiger partial charge in [-0.15, -0.1) is 0 Å². The highest BCUT2D eigenvalue weighted by Crippen LogP contribution is 2.57. The predicted octanol–water partition coefficient (Wildman–Crippen LogP) is 5.17. The SMILES string of the molecule is CNC(=O)c1cc(-c2ccc(Cn3ncc4c(Cl)ccc(C(=O)NC5CC6(CC(F)C6)C5)c43)cc2)ccn1. The summed E-state index contributed by atoms with van der Waals surface area (Å²) in [6.45, 7) is 0.453. The molecule has 2 N–H and O–H groups in total. The lowest BCUT2D eigenvalue weighted by Gasteiger charge is -2.55. The number of nitrogens with zero attached hydrogens (tertiary/aromatic N) is 3. The molecule has 2 aromatic carbocycles. The molecule has 194 valence electrons. The molecule has 0 atom stereocenters. The Morgan fingerprint density at radius 1 is 1.05 bits per heavy atom. The number of hydrogen-bond donors (Lipinski definition) is 2. The topological polar surface area (TPSA) is 88.9 Å². The molecule has 1 spiro atoms. The predicted molar refractivity (Wildman–Crippen MR) is 144 cm³/mol. The van der Waals surface area contributed by atoms with Crippen LogP contribution in [0.25, 0.3) is 22.0 Å². The zero-order chi connectivity index (χ0) is 26.4. The van der Waals surface area contributed by atoms with Crippen molar-refractivity contribution in [1.29, 1.82) is 0 Å². The normalized spacial score (nSPS) is 22.1. The van der Waals surface area contributed by atoms with Gasteiger partial charge in [0.05, 0.1) is 28.8 Å². The van der Waals surface area contributed by atoms with Crippen LogP contribution in [0.1, 0.15) is 52.1 Å². The lowest BCUT2D eigenvalue weighted by molar-refractivity contribution is -0.0596. The van der Waals surface area contributed by atoms with Crippen molar-refractivity contribution in [2.75, 3.05) is 7.05 Å². The summed E-state index contributed by atoms with van der Waals surface area (Å²) in [5, 5.41) is 11.5. The first-order valence-electron chi connectivity index (χ1n) is 12.7. The average molecular weight is 532 g/mol. The molecule has 2 aliphatic carbocycles. The second-order valence-corrected chi connectivity index (χ2v) is 10.9. The first kappa shape index (κ1) is 24.6. The molecule has 38 heavy (non-hydrogen) atoms. The Labute approximate surface area is 224 Å². The van der Waals surface area contributed by atoms with Crippen molar-refractivity contribution in [2.24, 2.45) is 5.41 Å². The standard InChI is InChI=1S/C29H27ClFN5O2/c1-32-28(38)25-10-19(8-9-33-25)18-4-2-17(3-5-18)16-36-26-22(6-7-24(30)23(26)15-34-36)27(37)35-21-13-29(14-21)11-20(31)12-29/h2-10,15,20-21H,11-14,16H2,1H3,(H,32,38)(H,35,37). The van der Waals surface area contributed by atoms with Crippen molar-refractivity contribution in [3.05, 3.63) is 82.8 Å². The number of carbonyl (C=O) groups excluding carboxylic acids is 2. The molecular formula is C29H27ClFN5O2. The third kappa shape index (κ3) is 4.43. The first-order valence-corrected chi connectivity index (χ1v) is 13.1. The van der Waals surface area contributed by atoms with Gasteiger partial charge in [0.1, 0.15) is 11.9 Å². The van der Waals surface area contributed by atoms with Crippen LogP contribution in [0.3, 0.4) is 0 Å². The maximum Gasteiger partial charge on any atom is 0.269 e. The number of halogens is 2. The molecule has 2 amide bonds. The molecule has 0 aliphatic heterocycles. The van der Waals surface area contributed by atoms with E-state index in [0.29, 0.717) is 41.2 Å². The zero-order valence-corrected chi connectivity index (χ0v) is 21.6. The van der Waals surface area contributed by atoms with Gasteiger partial charge in [-0.25, -0.2) is 4.39 Å². The van der Waals surface area contributed by atoms with Crippen LogP contribution in [0.4, 0.5) is 4.39 Å². The minimum Gasteiger partial charge on any atom is -0.354 e. The van der Waals surface area contributed by atoms with Crippen LogP contribution >= 0.6 is 11.6 Å². The van der Waals surface area contributed by atoms with E-state index < -0.39 is 6.17 Å². The minimum absolute atomic E-state index is 0.0711. The van der Waals surface area contributed by atoms with Gasteiger partial charge in [0, 0.05) is 24.7 Å². The number of alkyl halides is 1. The van der Waals surface area contributed by atoms with E-state index in [-0.39, 0.29) is 23.3 Å². The van der Waals surface area contributed by atoms with Crippen LogP contribution in [0, 0.1) is 5.41 Å². The fourth-order valence-electron chi connectivity index (χ4n) is 5.87. The number of benzene rings is 2. The molecule has 2 aromatic heterocycles. The fourth-order valence-corrected chi connectivity index (χ4v) is 6.08. The fraction of sp³-hybridized carbons (Fsp3) is 0.310. The van der Waals surface area contributed by atoms with Crippen LogP contribution in [0.2, 0.25) is 5.02 Å². The Hall–Kier alpha value is -3.78. The third-order valence-corrected chi connectivity index (χ3v) is 8.16. The quantitative estimate of drug-likeness (QED) is 0.359. The molecule has 9 heteroatoms. The number of hydrogen-bond acceptors (Lipinski definition) is 4. The molecule has 2 saturated carbocycles. The Balaban J connectivity index is 1.21. The van der Waals surface area contributed by atoms with Crippen molar-refractivity contribution in [3.8, 4) is 11.1 Å². The first-order chi connectivity index (χ1) is 18.3. The number of pyridine rings is 1. The zero-order valence-electron chi connectivity index (χ0n) is 20.9. The molecule has 0 radical (unpaired) electrons. The highest BCUT2D eigenvalue weighted by Gasteiger charge is 2.53. The number of fused-ring (bicyclic) bond motifs is 1. The number of aromatic nitrogens is 3. The number of amides is 2. The van der Waals surface area contributed by atoms with Crippen molar-refractivity contribution in [3.63, 3.8) is 0 Å². The summed E-state index contributed by atoms with van der Waals surface area (Å²) in [5.74, 6) is -0.398. The van der Waals surface area contributed by atoms with E-state index >= 15 is 0 Å². The monoisotopic (exact) mass is 531 g/mol. The maximum atomic E-state index is 13.3. The van der Waals surface area contributed by atoms with Gasteiger partial charge in [0.25, 0.3) is 11.8 Å². The summed E-state index contributed by atoms with van der Waals surface area (Å²) >= 11 is 6.45. The smallest absolute Gasteiger partial charge is 0.269 e. The molecule has 0 saturated heterocycles. The van der Waals surface area contributed by atoms with Gasteiger partial charge >= 0.3 is 0 Å². The van der Waals surface area contributed by atoms with Crippen LogP contribution in [-0.2, 0) is 6.54 Å². The third-order valence-electron chi connectivity index (χ3n) is 7.84. The summed E-state index contributed by atoms with van der Waals surface area (Å²) in [6, 6.07) is 15.1. The van der Waals surface area contributed by atoms with Gasteiger partial charge < -0.3 is 10.6 Å². The summed E-state index contributed by atoms with van der Waals surface area (Å²) < 4.78 is 15.1. The lowest BCUT2D eigenvalue weighted by atomic mass is 9.53. The number of rotatable bonds is 6. The molecule has 0 unspecified atom stereocenters. The van der Waals surface area contributed by atoms with Crippen LogP contribution in [0.15, 0.2) is 60.9 Å². The van der Waals surface area contributed by atoms with Crippen molar-refractivity contribution >= 4 is 34.3 Å². The van der Waals surface area contributed by atoms with Crippen LogP contribution in [0.5, 0.6) is 0 Å². The largest absolute Gasteiger partial charge is 0.354 e. The molecule has 0 bridgehead atoms. The van der Waals surface area contributed by atoms with Crippen molar-refractivity contribution in [2.45, 2.75) is 44.4 Å². The summed E-state index contributed by atoms with van der Waals surface area (Å²) in [5.41, 5.74) is 4.51. The molecule has 2 aliphatic rings. The van der Waals surface area contributed by atoms with E-state index in [0.717, 1.165) is 34.9 Å². The Bertz CT molecular complexity index is 1540. The summed E-state index contributed by atoms with van der Waals surface area (Å²) in [7, 11) is 1.58. The van der Waals surface area contributed by atoms with E-state index in [2.05, 4.69) is 20.7 Å². The molecule has 2 heterocycles. The van der Waals surface area contributed by atoms with Crippen LogP contribution < -0.4 is 10.6 Å². The maximum absolute atomic E-state index is 13.3. The Morgan fingerprint density at radius 2 is 1.82 bits per heavy atom. The van der Waals surface area contributed by atoms with Gasteiger partial charge in [0.2, 0.25) is 0 Å². The van der Waals surface area contributed by atoms with Gasteiger partial charge in [-0.05, 0) is 72.1 Å². The number of nitrogens with one attached hydrogen (secondary N) is 2.